The van der Waals surface area contributed by atoms with Crippen molar-refractivity contribution in [3.05, 3.63) is 48.0 Å². The minimum Gasteiger partial charge on any atom is -0.323 e. The molecule has 0 bridgehead atoms. The Morgan fingerprint density at radius 1 is 1.33 bits per heavy atom. The van der Waals surface area contributed by atoms with Gasteiger partial charge in [0.2, 0.25) is 6.33 Å². The largest absolute Gasteiger partial charge is 0.323 e. The first-order chi connectivity index (χ1) is 7.91. The zero-order valence-corrected chi connectivity index (χ0v) is 9.28. The number of aromatic nitrogens is 2. The van der Waals surface area contributed by atoms with Crippen molar-refractivity contribution < 1.29 is 7.31 Å². The van der Waals surface area contributed by atoms with Crippen molar-refractivity contribution in [1.82, 2.24) is 4.57 Å². The minimum atomic E-state index is -1.44. The van der Waals surface area contributed by atoms with Crippen LogP contribution in [-0.4, -0.2) is 4.57 Å². The average Bonchev–Trinajstić information content (AvgIpc) is 2.57. The summed E-state index contributed by atoms with van der Waals surface area (Å²) in [6, 6.07) is 9.85. The highest BCUT2D eigenvalue weighted by molar-refractivity contribution is 5.33. The topological polar surface area (TPSA) is 8.81 Å². The van der Waals surface area contributed by atoms with Crippen molar-refractivity contribution in [2.45, 2.75) is 27.3 Å². The van der Waals surface area contributed by atoms with E-state index in [9.17, 15) is 0 Å². The number of hydrogen-bond acceptors (Lipinski definition) is 0. The van der Waals surface area contributed by atoms with Crippen LogP contribution in [0.5, 0.6) is 0 Å². The van der Waals surface area contributed by atoms with Crippen LogP contribution in [0.15, 0.2) is 30.3 Å². The van der Waals surface area contributed by atoms with Gasteiger partial charge in [-0.1, -0.05) is 30.3 Å². The zero-order valence-electron chi connectivity index (χ0n) is 11.3. The molecule has 0 aliphatic rings. The van der Waals surface area contributed by atoms with Crippen LogP contribution in [0.2, 0.25) is 0 Å². The Kier molecular flexibility index (Phi) is 1.99. The van der Waals surface area contributed by atoms with E-state index in [0.29, 0.717) is 0 Å². The monoisotopic (exact) mass is 202 g/mol. The average molecular weight is 202 g/mol. The predicted octanol–water partition coefficient (Wildman–Crippen LogP) is 2.20. The molecule has 0 amide bonds. The van der Waals surface area contributed by atoms with Crippen molar-refractivity contribution in [2.24, 2.45) is 0 Å². The first-order valence-corrected chi connectivity index (χ1v) is 5.00. The van der Waals surface area contributed by atoms with Crippen LogP contribution in [0.3, 0.4) is 0 Å². The van der Waals surface area contributed by atoms with Crippen LogP contribution in [0.25, 0.3) is 5.69 Å². The van der Waals surface area contributed by atoms with E-state index in [1.807, 2.05) is 48.7 Å². The van der Waals surface area contributed by atoms with Gasteiger partial charge in [0.25, 0.3) is 0 Å². The summed E-state index contributed by atoms with van der Waals surface area (Å²) >= 11 is 0. The highest BCUT2D eigenvalue weighted by Crippen LogP contribution is 2.11. The maximum atomic E-state index is 7.77. The van der Waals surface area contributed by atoms with Crippen molar-refractivity contribution in [2.75, 3.05) is 0 Å². The lowest BCUT2D eigenvalue weighted by atomic mass is 10.3. The summed E-state index contributed by atoms with van der Waals surface area (Å²) in [5.74, 6) is 0. The molecule has 15 heavy (non-hydrogen) atoms. The molecule has 0 fully saturated rings. The van der Waals surface area contributed by atoms with E-state index in [4.69, 9.17) is 2.74 Å². The molecule has 0 atom stereocenters. The Morgan fingerprint density at radius 3 is 2.53 bits per heavy atom. The Bertz CT molecular complexity index is 524. The first-order valence-electron chi connectivity index (χ1n) is 6.00. The molecule has 2 heteroatoms. The molecule has 1 heterocycles. The fraction of sp³-hybridized carbons (Fsp3) is 0.308. The lowest BCUT2D eigenvalue weighted by molar-refractivity contribution is -0.702. The zero-order chi connectivity index (χ0) is 12.6. The van der Waals surface area contributed by atoms with Gasteiger partial charge in [-0.2, -0.15) is 0 Å². The fourth-order valence-corrected chi connectivity index (χ4v) is 1.62. The van der Waals surface area contributed by atoms with Crippen molar-refractivity contribution in [3.8, 4) is 5.69 Å². The van der Waals surface area contributed by atoms with Crippen molar-refractivity contribution >= 4 is 0 Å². The Labute approximate surface area is 93.6 Å². The maximum absolute atomic E-state index is 7.77. The number of aryl methyl sites for hydroxylation is 1. The molecule has 0 radical (unpaired) electrons. The quantitative estimate of drug-likeness (QED) is 0.521. The third-order valence-corrected chi connectivity index (χ3v) is 2.63. The van der Waals surface area contributed by atoms with Crippen LogP contribution < -0.4 is 4.57 Å². The van der Waals surface area contributed by atoms with Gasteiger partial charge in [0, 0.05) is 11.4 Å². The van der Waals surface area contributed by atoms with Gasteiger partial charge in [-0.3, -0.25) is 0 Å². The van der Waals surface area contributed by atoms with E-state index in [-0.39, 0.29) is 0 Å². The molecular formula is C13H16N2. The van der Waals surface area contributed by atoms with Crippen LogP contribution >= 0.6 is 0 Å². The van der Waals surface area contributed by atoms with E-state index in [1.54, 1.807) is 0 Å². The second kappa shape index (κ2) is 3.89. The van der Waals surface area contributed by atoms with Gasteiger partial charge in [0.15, 0.2) is 0 Å². The number of para-hydroxylation sites is 1. The molecule has 0 saturated carbocycles. The van der Waals surface area contributed by atoms with Gasteiger partial charge in [-0.15, -0.1) is 0 Å². The molecule has 0 aliphatic carbocycles. The summed E-state index contributed by atoms with van der Waals surface area (Å²) in [6.45, 7) is 3.98. The van der Waals surface area contributed by atoms with Gasteiger partial charge < -0.3 is 9.13 Å². The third-order valence-electron chi connectivity index (χ3n) is 2.63. The molecule has 2 rings (SSSR count). The second-order valence-electron chi connectivity index (χ2n) is 3.50. The van der Waals surface area contributed by atoms with Gasteiger partial charge in [0.1, 0.15) is 0 Å². The number of hydrogen-bond donors (Lipinski definition) is 0. The summed E-state index contributed by atoms with van der Waals surface area (Å²) in [4.78, 5) is 0. The lowest BCUT2D eigenvalue weighted by Crippen LogP contribution is -2.33. The second-order valence-corrected chi connectivity index (χ2v) is 3.50. The van der Waals surface area contributed by atoms with E-state index < -0.39 is 6.50 Å². The van der Waals surface area contributed by atoms with Gasteiger partial charge >= 0.3 is 0 Å². The molecular weight excluding hydrogens is 184 g/mol. The molecule has 0 unspecified atom stereocenters. The molecule has 0 aliphatic heterocycles. The van der Waals surface area contributed by atoms with E-state index in [2.05, 4.69) is 6.33 Å². The van der Waals surface area contributed by atoms with Gasteiger partial charge in [-0.25, -0.2) is 0 Å². The maximum Gasteiger partial charge on any atom is 0.243 e. The molecule has 2 nitrogen and oxygen atoms in total. The molecule has 0 saturated heterocycles. The number of rotatable bonds is 2. The number of nitrogens with zero attached hydrogens (tertiary/aromatic N) is 2. The Hall–Kier alpha value is -1.57. The Balaban J connectivity index is 2.59. The SMILES string of the molecule is [2H]C([2H])(C)[n+]1[c-]n(-c2ccccc2)c(C)c1C. The summed E-state index contributed by atoms with van der Waals surface area (Å²) in [5.41, 5.74) is 2.89. The first kappa shape index (κ1) is 7.69. The molecule has 1 aromatic carbocycles. The van der Waals surface area contributed by atoms with E-state index >= 15 is 0 Å². The molecule has 1 aromatic heterocycles. The van der Waals surface area contributed by atoms with E-state index in [0.717, 1.165) is 17.1 Å². The van der Waals surface area contributed by atoms with Crippen LogP contribution in [0, 0.1) is 20.2 Å². The minimum absolute atomic E-state index is 0.890. The summed E-state index contributed by atoms with van der Waals surface area (Å²) in [5, 5.41) is 0. The Morgan fingerprint density at radius 2 is 2.00 bits per heavy atom. The summed E-state index contributed by atoms with van der Waals surface area (Å²) in [7, 11) is 0. The highest BCUT2D eigenvalue weighted by atomic mass is 15.1. The van der Waals surface area contributed by atoms with Crippen molar-refractivity contribution in [3.63, 3.8) is 0 Å². The third kappa shape index (κ3) is 1.67. The van der Waals surface area contributed by atoms with Gasteiger partial charge in [-0.05, 0) is 20.8 Å². The molecule has 2 aromatic rings. The summed E-state index contributed by atoms with van der Waals surface area (Å²) in [6.07, 6.45) is 3.06. The van der Waals surface area contributed by atoms with Gasteiger partial charge in [0.05, 0.1) is 14.9 Å². The molecule has 0 spiro atoms. The number of benzene rings is 1. The number of imidazole rings is 1. The lowest BCUT2D eigenvalue weighted by Gasteiger charge is -2.04. The van der Waals surface area contributed by atoms with Crippen LogP contribution in [-0.2, 0) is 6.50 Å². The van der Waals surface area contributed by atoms with Crippen LogP contribution in [0.1, 0.15) is 21.1 Å². The normalized spacial score (nSPS) is 13.5. The van der Waals surface area contributed by atoms with E-state index in [1.165, 1.54) is 11.5 Å². The highest BCUT2D eigenvalue weighted by Gasteiger charge is 2.07. The predicted molar refractivity (Wildman–Crippen MR) is 59.9 cm³/mol. The molecule has 78 valence electrons. The smallest absolute Gasteiger partial charge is 0.243 e. The standard InChI is InChI=1S/C13H16N2/c1-4-14-10-15(12(3)11(14)2)13-8-6-5-7-9-13/h5-9H,4H2,1-3H3/i4D2. The van der Waals surface area contributed by atoms with Crippen molar-refractivity contribution in [1.29, 1.82) is 0 Å². The summed E-state index contributed by atoms with van der Waals surface area (Å²) < 4.78 is 19.0. The molecule has 0 N–H and O–H groups in total. The van der Waals surface area contributed by atoms with Crippen LogP contribution in [0.4, 0.5) is 0 Å². The fourth-order valence-electron chi connectivity index (χ4n) is 1.62.